The van der Waals surface area contributed by atoms with Crippen LogP contribution in [0.25, 0.3) is 45.1 Å². The van der Waals surface area contributed by atoms with E-state index >= 15 is 0 Å². The van der Waals surface area contributed by atoms with Gasteiger partial charge in [-0.15, -0.1) is 0 Å². The summed E-state index contributed by atoms with van der Waals surface area (Å²) in [5.41, 5.74) is 6.82. The van der Waals surface area contributed by atoms with Crippen LogP contribution in [-0.4, -0.2) is 13.0 Å². The molecule has 0 aliphatic rings. The van der Waals surface area contributed by atoms with E-state index < -0.39 is 9.84 Å². The van der Waals surface area contributed by atoms with Crippen molar-refractivity contribution >= 4 is 43.8 Å². The van der Waals surface area contributed by atoms with Gasteiger partial charge >= 0.3 is 0 Å². The summed E-state index contributed by atoms with van der Waals surface area (Å²) in [7, 11) is -3.52. The number of benzene rings is 5. The smallest absolute Gasteiger partial charge is 0.206 e. The fourth-order valence-electron chi connectivity index (χ4n) is 5.06. The quantitative estimate of drug-likeness (QED) is 0.210. The minimum atomic E-state index is -3.52. The van der Waals surface area contributed by atoms with Gasteiger partial charge in [-0.1, -0.05) is 91.0 Å². The Labute approximate surface area is 223 Å². The molecule has 0 unspecified atom stereocenters. The molecule has 0 atom stereocenters. The van der Waals surface area contributed by atoms with Crippen molar-refractivity contribution in [1.29, 1.82) is 0 Å². The molecule has 4 heteroatoms. The van der Waals surface area contributed by atoms with Crippen LogP contribution in [0.4, 0.5) is 0 Å². The van der Waals surface area contributed by atoms with Crippen molar-refractivity contribution in [3.63, 3.8) is 0 Å². The molecule has 5 aromatic carbocycles. The van der Waals surface area contributed by atoms with Crippen LogP contribution in [0.5, 0.6) is 0 Å². The Morgan fingerprint density at radius 1 is 0.579 bits per heavy atom. The molecule has 0 radical (unpaired) electrons. The second kappa shape index (κ2) is 9.81. The van der Waals surface area contributed by atoms with Crippen molar-refractivity contribution in [2.45, 2.75) is 23.3 Å². The minimum Gasteiger partial charge on any atom is -0.341 e. The van der Waals surface area contributed by atoms with Gasteiger partial charge in [0.1, 0.15) is 0 Å². The average molecular weight is 514 g/mol. The van der Waals surface area contributed by atoms with Gasteiger partial charge in [0.2, 0.25) is 9.84 Å². The molecule has 0 saturated heterocycles. The Morgan fingerprint density at radius 2 is 1.13 bits per heavy atom. The molecule has 1 aromatic heterocycles. The highest BCUT2D eigenvalue weighted by Gasteiger charge is 2.17. The van der Waals surface area contributed by atoms with Crippen LogP contribution in [-0.2, 0) is 16.4 Å². The Hall–Kier alpha value is -4.41. The van der Waals surface area contributed by atoms with E-state index in [0.29, 0.717) is 9.79 Å². The molecular weight excluding hydrogens is 486 g/mol. The Kier molecular flexibility index (Phi) is 6.18. The van der Waals surface area contributed by atoms with Gasteiger partial charge in [0.15, 0.2) is 0 Å². The third-order valence-electron chi connectivity index (χ3n) is 7.04. The number of hydrogen-bond acceptors (Lipinski definition) is 2. The molecule has 0 N–H and O–H groups in total. The van der Waals surface area contributed by atoms with Crippen LogP contribution in [0.15, 0.2) is 131 Å². The minimum absolute atomic E-state index is 0.297. The molecule has 0 aliphatic carbocycles. The monoisotopic (exact) mass is 513 g/mol. The molecular formula is C34H27NO2S. The lowest BCUT2D eigenvalue weighted by Crippen LogP contribution is -2.01. The zero-order valence-corrected chi connectivity index (χ0v) is 21.9. The van der Waals surface area contributed by atoms with Crippen molar-refractivity contribution in [3.05, 3.63) is 132 Å². The third kappa shape index (κ3) is 4.33. The molecule has 0 saturated carbocycles. The van der Waals surface area contributed by atoms with Gasteiger partial charge in [0, 0.05) is 28.4 Å². The molecule has 38 heavy (non-hydrogen) atoms. The normalized spacial score (nSPS) is 12.0. The zero-order chi connectivity index (χ0) is 26.1. The first kappa shape index (κ1) is 24.0. The van der Waals surface area contributed by atoms with E-state index in [0.717, 1.165) is 28.8 Å². The number of hydrogen-bond donors (Lipinski definition) is 0. The Morgan fingerprint density at radius 3 is 1.84 bits per heavy atom. The maximum atomic E-state index is 12.9. The molecule has 0 aliphatic heterocycles. The molecule has 0 amide bonds. The summed E-state index contributed by atoms with van der Waals surface area (Å²) >= 11 is 0. The Bertz CT molecular complexity index is 1880. The number of sulfone groups is 1. The summed E-state index contributed by atoms with van der Waals surface area (Å²) in [6, 6.07) is 39.1. The van der Waals surface area contributed by atoms with Gasteiger partial charge in [0.05, 0.1) is 9.79 Å². The first-order valence-electron chi connectivity index (χ1n) is 12.7. The highest BCUT2D eigenvalue weighted by Crippen LogP contribution is 2.30. The van der Waals surface area contributed by atoms with Gasteiger partial charge in [-0.25, -0.2) is 8.42 Å². The SMILES string of the molecule is CCn1c2ccccc2c2cc(C=Cc3ccc(-c4ccc(S(=O)(=O)c5ccccc5)cc4)cc3)ccc21. The zero-order valence-electron chi connectivity index (χ0n) is 21.1. The maximum Gasteiger partial charge on any atom is 0.206 e. The van der Waals surface area contributed by atoms with Crippen LogP contribution < -0.4 is 0 Å². The Balaban J connectivity index is 1.22. The number of fused-ring (bicyclic) bond motifs is 3. The number of aryl methyl sites for hydroxylation is 1. The van der Waals surface area contributed by atoms with Crippen LogP contribution >= 0.6 is 0 Å². The van der Waals surface area contributed by atoms with E-state index in [1.54, 1.807) is 36.4 Å². The largest absolute Gasteiger partial charge is 0.341 e. The van der Waals surface area contributed by atoms with Crippen molar-refractivity contribution in [1.82, 2.24) is 4.57 Å². The van der Waals surface area contributed by atoms with Crippen molar-refractivity contribution in [2.75, 3.05) is 0 Å². The summed E-state index contributed by atoms with van der Waals surface area (Å²) in [5, 5.41) is 2.56. The highest BCUT2D eigenvalue weighted by atomic mass is 32.2. The predicted octanol–water partition coefficient (Wildman–Crippen LogP) is 8.48. The van der Waals surface area contributed by atoms with E-state index in [1.165, 1.54) is 21.8 Å². The summed E-state index contributed by atoms with van der Waals surface area (Å²) in [4.78, 5) is 0.602. The van der Waals surface area contributed by atoms with Crippen molar-refractivity contribution in [2.24, 2.45) is 0 Å². The first-order valence-corrected chi connectivity index (χ1v) is 14.2. The van der Waals surface area contributed by atoms with Gasteiger partial charge in [-0.2, -0.15) is 0 Å². The lowest BCUT2D eigenvalue weighted by atomic mass is 10.0. The van der Waals surface area contributed by atoms with Crippen LogP contribution in [0.3, 0.4) is 0 Å². The molecule has 186 valence electrons. The van der Waals surface area contributed by atoms with Crippen LogP contribution in [0.2, 0.25) is 0 Å². The molecule has 1 heterocycles. The summed E-state index contributed by atoms with van der Waals surface area (Å²) in [5.74, 6) is 0. The topological polar surface area (TPSA) is 39.1 Å². The average Bonchev–Trinajstić information content (AvgIpc) is 3.30. The highest BCUT2D eigenvalue weighted by molar-refractivity contribution is 7.91. The second-order valence-electron chi connectivity index (χ2n) is 9.33. The number of rotatable bonds is 6. The molecule has 0 bridgehead atoms. The van der Waals surface area contributed by atoms with E-state index in [4.69, 9.17) is 0 Å². The van der Waals surface area contributed by atoms with Crippen LogP contribution in [0.1, 0.15) is 18.1 Å². The molecule has 6 rings (SSSR count). The van der Waals surface area contributed by atoms with Gasteiger partial charge < -0.3 is 4.57 Å². The molecule has 6 aromatic rings. The van der Waals surface area contributed by atoms with Gasteiger partial charge in [-0.3, -0.25) is 0 Å². The van der Waals surface area contributed by atoms with Gasteiger partial charge in [0.25, 0.3) is 0 Å². The van der Waals surface area contributed by atoms with E-state index in [9.17, 15) is 8.42 Å². The van der Waals surface area contributed by atoms with Gasteiger partial charge in [-0.05, 0) is 71.6 Å². The number of nitrogens with zero attached hydrogens (tertiary/aromatic N) is 1. The van der Waals surface area contributed by atoms with Crippen molar-refractivity contribution < 1.29 is 8.42 Å². The lowest BCUT2D eigenvalue weighted by Gasteiger charge is -2.07. The van der Waals surface area contributed by atoms with E-state index in [1.807, 2.05) is 18.2 Å². The molecule has 0 spiro atoms. The first-order chi connectivity index (χ1) is 18.5. The lowest BCUT2D eigenvalue weighted by molar-refractivity contribution is 0.596. The summed E-state index contributed by atoms with van der Waals surface area (Å²) in [6.45, 7) is 3.13. The number of para-hydroxylation sites is 1. The molecule has 3 nitrogen and oxygen atoms in total. The fraction of sp³-hybridized carbons (Fsp3) is 0.0588. The maximum absolute atomic E-state index is 12.9. The predicted molar refractivity (Wildman–Crippen MR) is 158 cm³/mol. The molecule has 0 fully saturated rings. The standard InChI is InChI=1S/C34H27NO2S/c1-2-35-33-11-7-6-10-31(33)32-24-26(16-23-34(32)35)13-12-25-14-17-27(18-15-25)28-19-21-30(22-20-28)38(36,37)29-8-4-3-5-9-29/h3-24H,2H2,1H3. The van der Waals surface area contributed by atoms with E-state index in [-0.39, 0.29) is 0 Å². The van der Waals surface area contributed by atoms with Crippen molar-refractivity contribution in [3.8, 4) is 11.1 Å². The summed E-state index contributed by atoms with van der Waals surface area (Å²) in [6.07, 6.45) is 4.27. The summed E-state index contributed by atoms with van der Waals surface area (Å²) < 4.78 is 28.1. The second-order valence-corrected chi connectivity index (χ2v) is 11.3. The third-order valence-corrected chi connectivity index (χ3v) is 8.83. The van der Waals surface area contributed by atoms with Crippen LogP contribution in [0, 0.1) is 0 Å². The fourth-order valence-corrected chi connectivity index (χ4v) is 6.34. The van der Waals surface area contributed by atoms with E-state index in [2.05, 4.69) is 90.4 Å². The number of aromatic nitrogens is 1.